The Hall–Kier alpha value is -3.96. The zero-order valence-electron chi connectivity index (χ0n) is 23.1. The Morgan fingerprint density at radius 1 is 0.795 bits per heavy atom. The first-order valence-corrected chi connectivity index (χ1v) is 12.4. The second-order valence-corrected chi connectivity index (χ2v) is 8.48. The molecule has 0 unspecified atom stereocenters. The molecule has 0 saturated carbocycles. The van der Waals surface area contributed by atoms with E-state index in [1.54, 1.807) is 28.4 Å². The molecule has 1 aliphatic heterocycles. The summed E-state index contributed by atoms with van der Waals surface area (Å²) >= 11 is 0. The molecule has 1 saturated heterocycles. The molecule has 0 amide bonds. The van der Waals surface area contributed by atoms with E-state index in [-0.39, 0.29) is 0 Å². The Morgan fingerprint density at radius 3 is 1.92 bits per heavy atom. The van der Waals surface area contributed by atoms with Crippen molar-refractivity contribution in [3.63, 3.8) is 0 Å². The highest BCUT2D eigenvalue weighted by atomic mass is 16.5. The second kappa shape index (κ2) is 16.1. The van der Waals surface area contributed by atoms with Gasteiger partial charge in [0.2, 0.25) is 5.75 Å². The van der Waals surface area contributed by atoms with Crippen LogP contribution in [0.1, 0.15) is 18.1 Å². The molecule has 3 rings (SSSR count). The van der Waals surface area contributed by atoms with Gasteiger partial charge < -0.3 is 33.9 Å². The van der Waals surface area contributed by atoms with Crippen molar-refractivity contribution in [3.8, 4) is 28.7 Å². The van der Waals surface area contributed by atoms with Gasteiger partial charge in [-0.2, -0.15) is 0 Å². The number of allylic oxidation sites excluding steroid dienone is 1. The first-order chi connectivity index (χ1) is 18.8. The minimum atomic E-state index is -1.82. The van der Waals surface area contributed by atoms with Gasteiger partial charge >= 0.3 is 11.9 Å². The number of carbonyl (C=O) groups is 2. The summed E-state index contributed by atoms with van der Waals surface area (Å²) in [5, 5.41) is 14.8. The van der Waals surface area contributed by atoms with Crippen molar-refractivity contribution in [1.82, 2.24) is 9.80 Å². The van der Waals surface area contributed by atoms with E-state index < -0.39 is 11.9 Å². The number of aliphatic carboxylic acids is 2. The number of benzene rings is 2. The molecule has 39 heavy (non-hydrogen) atoms. The highest BCUT2D eigenvalue weighted by Gasteiger charge is 2.21. The molecule has 2 aromatic rings. The number of piperazine rings is 1. The van der Waals surface area contributed by atoms with Crippen LogP contribution < -0.4 is 23.7 Å². The Balaban J connectivity index is 0.000000798. The summed E-state index contributed by atoms with van der Waals surface area (Å²) in [6, 6.07) is 10.00. The number of nitrogens with zero attached hydrogens (tertiary/aromatic N) is 2. The fourth-order valence-electron chi connectivity index (χ4n) is 4.08. The van der Waals surface area contributed by atoms with Crippen LogP contribution in [0.2, 0.25) is 0 Å². The molecule has 1 aliphatic rings. The first-order valence-electron chi connectivity index (χ1n) is 12.4. The van der Waals surface area contributed by atoms with Gasteiger partial charge in [-0.25, -0.2) is 9.59 Å². The average Bonchev–Trinajstić information content (AvgIpc) is 2.94. The molecule has 0 aliphatic carbocycles. The smallest absolute Gasteiger partial charge is 0.414 e. The summed E-state index contributed by atoms with van der Waals surface area (Å²) in [6.45, 7) is 8.28. The third kappa shape index (κ3) is 9.38. The van der Waals surface area contributed by atoms with Crippen molar-refractivity contribution >= 4 is 18.0 Å². The number of ether oxygens (including phenoxy) is 5. The summed E-state index contributed by atoms with van der Waals surface area (Å²) in [4.78, 5) is 23.1. The van der Waals surface area contributed by atoms with Crippen molar-refractivity contribution in [2.45, 2.75) is 13.5 Å². The van der Waals surface area contributed by atoms with Gasteiger partial charge in [-0.15, -0.1) is 0 Å². The van der Waals surface area contributed by atoms with Crippen molar-refractivity contribution in [3.05, 3.63) is 47.5 Å². The molecule has 0 bridgehead atoms. The van der Waals surface area contributed by atoms with Crippen molar-refractivity contribution in [2.24, 2.45) is 0 Å². The number of rotatable bonds is 11. The van der Waals surface area contributed by atoms with Crippen molar-refractivity contribution < 1.29 is 43.5 Å². The summed E-state index contributed by atoms with van der Waals surface area (Å²) in [5.74, 6) is -0.0465. The quantitative estimate of drug-likeness (QED) is 0.404. The van der Waals surface area contributed by atoms with E-state index in [0.717, 1.165) is 67.6 Å². The molecular formula is C28H38N2O9. The van der Waals surface area contributed by atoms with Gasteiger partial charge in [0, 0.05) is 44.8 Å². The van der Waals surface area contributed by atoms with Gasteiger partial charge in [-0.05, 0) is 30.7 Å². The molecule has 1 fully saturated rings. The van der Waals surface area contributed by atoms with Crippen LogP contribution in [0.15, 0.2) is 36.4 Å². The average molecular weight is 547 g/mol. The van der Waals surface area contributed by atoms with Crippen LogP contribution in [0.3, 0.4) is 0 Å². The van der Waals surface area contributed by atoms with E-state index in [0.29, 0.717) is 18.1 Å². The summed E-state index contributed by atoms with van der Waals surface area (Å²) < 4.78 is 28.1. The van der Waals surface area contributed by atoms with E-state index in [1.807, 2.05) is 43.3 Å². The SMILES string of the molecule is C/C=C/c1ccc(OCCN2CCN(Cc3ccc(OC)c(OC)c3OC)CC2)c(OC)c1.O=C(O)C(=O)O. The Kier molecular flexibility index (Phi) is 12.9. The van der Waals surface area contributed by atoms with Crippen LogP contribution in [0.4, 0.5) is 0 Å². The molecule has 1 heterocycles. The van der Waals surface area contributed by atoms with Gasteiger partial charge in [0.1, 0.15) is 6.61 Å². The number of methoxy groups -OCH3 is 4. The van der Waals surface area contributed by atoms with E-state index in [9.17, 15) is 0 Å². The van der Waals surface area contributed by atoms with Gasteiger partial charge in [0.05, 0.1) is 28.4 Å². The van der Waals surface area contributed by atoms with E-state index in [4.69, 9.17) is 43.5 Å². The molecule has 2 aromatic carbocycles. The standard InChI is InChI=1S/C26H36N2O5.C2H2O4/c1-6-7-20-8-10-22(24(18-20)30-3)33-17-16-27-12-14-28(15-13-27)19-21-9-11-23(29-2)26(32-5)25(21)31-4;3-1(4)2(5)6/h6-11,18H,12-17,19H2,1-5H3;(H,3,4)(H,5,6)/b7-6+;. The lowest BCUT2D eigenvalue weighted by Gasteiger charge is -2.35. The fraction of sp³-hybridized carbons (Fsp3) is 0.429. The highest BCUT2D eigenvalue weighted by molar-refractivity contribution is 6.27. The van der Waals surface area contributed by atoms with Crippen molar-refractivity contribution in [1.29, 1.82) is 0 Å². The molecule has 214 valence electrons. The lowest BCUT2D eigenvalue weighted by Crippen LogP contribution is -2.47. The third-order valence-electron chi connectivity index (χ3n) is 6.04. The number of carboxylic acid groups (broad SMARTS) is 2. The molecule has 0 spiro atoms. The fourth-order valence-corrected chi connectivity index (χ4v) is 4.08. The Bertz CT molecular complexity index is 1100. The second-order valence-electron chi connectivity index (χ2n) is 8.48. The molecular weight excluding hydrogens is 508 g/mol. The maximum atomic E-state index is 9.10. The Labute approximate surface area is 229 Å². The minimum absolute atomic E-state index is 0.628. The minimum Gasteiger partial charge on any atom is -0.493 e. The summed E-state index contributed by atoms with van der Waals surface area (Å²) in [7, 11) is 6.61. The molecule has 11 nitrogen and oxygen atoms in total. The predicted octanol–water partition coefficient (Wildman–Crippen LogP) is 3.11. The van der Waals surface area contributed by atoms with Crippen LogP contribution >= 0.6 is 0 Å². The van der Waals surface area contributed by atoms with Crippen LogP contribution in [0, 0.1) is 0 Å². The summed E-state index contributed by atoms with van der Waals surface area (Å²) in [6.07, 6.45) is 4.06. The van der Waals surface area contributed by atoms with Crippen LogP contribution in [-0.4, -0.2) is 99.7 Å². The normalized spacial score (nSPS) is 13.8. The highest BCUT2D eigenvalue weighted by Crippen LogP contribution is 2.40. The van der Waals surface area contributed by atoms with Gasteiger partial charge in [-0.1, -0.05) is 24.3 Å². The van der Waals surface area contributed by atoms with E-state index in [1.165, 1.54) is 0 Å². The number of hydrogen-bond donors (Lipinski definition) is 2. The van der Waals surface area contributed by atoms with Crippen molar-refractivity contribution in [2.75, 3.05) is 67.8 Å². The molecule has 0 radical (unpaired) electrons. The van der Waals surface area contributed by atoms with Crippen LogP contribution in [0.5, 0.6) is 28.7 Å². The topological polar surface area (TPSA) is 127 Å². The Morgan fingerprint density at radius 2 is 1.38 bits per heavy atom. The lowest BCUT2D eigenvalue weighted by molar-refractivity contribution is -0.159. The molecule has 2 N–H and O–H groups in total. The van der Waals surface area contributed by atoms with Gasteiger partial charge in [0.15, 0.2) is 23.0 Å². The first kappa shape index (κ1) is 31.3. The molecule has 0 aromatic heterocycles. The maximum Gasteiger partial charge on any atom is 0.414 e. The zero-order chi connectivity index (χ0) is 28.8. The largest absolute Gasteiger partial charge is 0.493 e. The monoisotopic (exact) mass is 546 g/mol. The van der Waals surface area contributed by atoms with Gasteiger partial charge in [0.25, 0.3) is 0 Å². The molecule has 11 heteroatoms. The number of hydrogen-bond acceptors (Lipinski definition) is 9. The molecule has 0 atom stereocenters. The predicted molar refractivity (Wildman–Crippen MR) is 146 cm³/mol. The number of carboxylic acids is 2. The maximum absolute atomic E-state index is 9.10. The van der Waals surface area contributed by atoms with Crippen LogP contribution in [-0.2, 0) is 16.1 Å². The lowest BCUT2D eigenvalue weighted by atomic mass is 10.1. The van der Waals surface area contributed by atoms with Gasteiger partial charge in [-0.3, -0.25) is 9.80 Å². The zero-order valence-corrected chi connectivity index (χ0v) is 23.1. The summed E-state index contributed by atoms with van der Waals surface area (Å²) in [5.41, 5.74) is 2.20. The van der Waals surface area contributed by atoms with Crippen LogP contribution in [0.25, 0.3) is 6.08 Å². The third-order valence-corrected chi connectivity index (χ3v) is 6.04. The van der Waals surface area contributed by atoms with E-state index in [2.05, 4.69) is 15.9 Å². The van der Waals surface area contributed by atoms with E-state index >= 15 is 0 Å².